The first-order chi connectivity index (χ1) is 14.9. The van der Waals surface area contributed by atoms with Crippen LogP contribution in [-0.2, 0) is 6.61 Å². The lowest BCUT2D eigenvalue weighted by Crippen LogP contribution is -2.21. The number of hydrogen-bond donors (Lipinski definition) is 4. The van der Waals surface area contributed by atoms with Crippen LogP contribution in [0.1, 0.15) is 39.6 Å². The highest BCUT2D eigenvalue weighted by molar-refractivity contribution is 9.11. The average molecular weight is 548 g/mol. The summed E-state index contributed by atoms with van der Waals surface area (Å²) in [6.07, 6.45) is 0. The molecule has 9 heteroatoms. The van der Waals surface area contributed by atoms with Gasteiger partial charge in [-0.05, 0) is 47.5 Å². The zero-order chi connectivity index (χ0) is 22.1. The molecule has 4 N–H and O–H groups in total. The number of aryl methyl sites for hydroxylation is 2. The van der Waals surface area contributed by atoms with Crippen LogP contribution in [0, 0.1) is 13.8 Å². The molecule has 0 aliphatic rings. The van der Waals surface area contributed by atoms with E-state index in [1.165, 1.54) is 0 Å². The standard InChI is InChI=1S/C22H20Br2N4O3/c1-11-17(21(29)27-25-11)19(18-12(2)26-28-22(18)30)15-8-14(23)9-16(24)20(15)31-10-13-6-4-3-5-7-13/h3-9,19H,10H2,1-2H3,(H2,25,27,29)(H2,26,28,30). The zero-order valence-electron chi connectivity index (χ0n) is 16.8. The number of aromatic nitrogens is 4. The van der Waals surface area contributed by atoms with E-state index >= 15 is 0 Å². The first-order valence-electron chi connectivity index (χ1n) is 9.56. The highest BCUT2D eigenvalue weighted by Crippen LogP contribution is 2.42. The number of benzene rings is 2. The Bertz CT molecular complexity index is 1280. The number of hydrogen-bond acceptors (Lipinski definition) is 3. The summed E-state index contributed by atoms with van der Waals surface area (Å²) in [5.74, 6) is -0.0818. The van der Waals surface area contributed by atoms with Crippen LogP contribution in [0.15, 0.2) is 61.0 Å². The van der Waals surface area contributed by atoms with E-state index in [0.717, 1.165) is 10.0 Å². The molecule has 0 fully saturated rings. The summed E-state index contributed by atoms with van der Waals surface area (Å²) in [4.78, 5) is 25.5. The lowest BCUT2D eigenvalue weighted by atomic mass is 9.85. The monoisotopic (exact) mass is 546 g/mol. The lowest BCUT2D eigenvalue weighted by Gasteiger charge is -2.21. The Morgan fingerprint density at radius 2 is 1.45 bits per heavy atom. The summed E-state index contributed by atoms with van der Waals surface area (Å²) in [5, 5.41) is 11.0. The Balaban J connectivity index is 1.93. The van der Waals surface area contributed by atoms with Crippen molar-refractivity contribution >= 4 is 31.9 Å². The van der Waals surface area contributed by atoms with Gasteiger partial charge in [-0.25, -0.2) is 0 Å². The maximum absolute atomic E-state index is 12.8. The molecule has 0 aliphatic heterocycles. The molecular weight excluding hydrogens is 528 g/mol. The molecule has 2 heterocycles. The van der Waals surface area contributed by atoms with E-state index in [1.807, 2.05) is 42.5 Å². The molecule has 0 saturated heterocycles. The second-order valence-electron chi connectivity index (χ2n) is 7.25. The molecule has 0 atom stereocenters. The molecule has 4 aromatic rings. The van der Waals surface area contributed by atoms with Gasteiger partial charge in [-0.2, -0.15) is 0 Å². The van der Waals surface area contributed by atoms with Crippen LogP contribution in [0.2, 0.25) is 0 Å². The zero-order valence-corrected chi connectivity index (χ0v) is 20.0. The van der Waals surface area contributed by atoms with E-state index in [4.69, 9.17) is 4.74 Å². The van der Waals surface area contributed by atoms with E-state index in [0.29, 0.717) is 44.9 Å². The Labute approximate surface area is 194 Å². The molecule has 0 spiro atoms. The van der Waals surface area contributed by atoms with Gasteiger partial charge in [0, 0.05) is 21.4 Å². The van der Waals surface area contributed by atoms with Gasteiger partial charge in [0.1, 0.15) is 12.4 Å². The third-order valence-corrected chi connectivity index (χ3v) is 6.22. The van der Waals surface area contributed by atoms with Crippen molar-refractivity contribution < 1.29 is 4.74 Å². The van der Waals surface area contributed by atoms with Crippen LogP contribution in [-0.4, -0.2) is 20.4 Å². The summed E-state index contributed by atoms with van der Waals surface area (Å²) in [6.45, 7) is 3.94. The highest BCUT2D eigenvalue weighted by Gasteiger charge is 2.31. The third-order valence-electron chi connectivity index (χ3n) is 5.18. The van der Waals surface area contributed by atoms with Crippen molar-refractivity contribution in [1.29, 1.82) is 0 Å². The van der Waals surface area contributed by atoms with Crippen LogP contribution >= 0.6 is 31.9 Å². The minimum Gasteiger partial charge on any atom is -0.487 e. The first kappa shape index (κ1) is 21.5. The van der Waals surface area contributed by atoms with Crippen LogP contribution in [0.3, 0.4) is 0 Å². The van der Waals surface area contributed by atoms with Gasteiger partial charge in [-0.1, -0.05) is 46.3 Å². The predicted molar refractivity (Wildman–Crippen MR) is 126 cm³/mol. The third kappa shape index (κ3) is 4.20. The molecule has 4 rings (SSSR count). The molecule has 7 nitrogen and oxygen atoms in total. The van der Waals surface area contributed by atoms with Crippen LogP contribution in [0.4, 0.5) is 0 Å². The van der Waals surface area contributed by atoms with Crippen molar-refractivity contribution in [3.8, 4) is 5.75 Å². The molecule has 31 heavy (non-hydrogen) atoms. The summed E-state index contributed by atoms with van der Waals surface area (Å²) < 4.78 is 7.74. The molecule has 2 aromatic carbocycles. The number of ether oxygens (including phenoxy) is 1. The van der Waals surface area contributed by atoms with E-state index in [2.05, 4.69) is 52.3 Å². The van der Waals surface area contributed by atoms with E-state index < -0.39 is 5.92 Å². The number of nitrogens with one attached hydrogen (secondary N) is 4. The van der Waals surface area contributed by atoms with Crippen LogP contribution in [0.5, 0.6) is 5.75 Å². The lowest BCUT2D eigenvalue weighted by molar-refractivity contribution is 0.300. The van der Waals surface area contributed by atoms with Gasteiger partial charge in [0.15, 0.2) is 0 Å². The fraction of sp³-hybridized carbons (Fsp3) is 0.182. The van der Waals surface area contributed by atoms with Gasteiger partial charge in [-0.3, -0.25) is 19.8 Å². The fourth-order valence-electron chi connectivity index (χ4n) is 3.74. The van der Waals surface area contributed by atoms with Crippen molar-refractivity contribution in [3.05, 3.63) is 106 Å². The van der Waals surface area contributed by atoms with Crippen molar-refractivity contribution in [2.45, 2.75) is 26.4 Å². The topological polar surface area (TPSA) is 107 Å². The number of aromatic amines is 4. The second-order valence-corrected chi connectivity index (χ2v) is 9.02. The summed E-state index contributed by atoms with van der Waals surface area (Å²) >= 11 is 7.14. The van der Waals surface area contributed by atoms with E-state index in [9.17, 15) is 9.59 Å². The normalized spacial score (nSPS) is 11.3. The van der Waals surface area contributed by atoms with Crippen molar-refractivity contribution in [1.82, 2.24) is 20.4 Å². The van der Waals surface area contributed by atoms with Gasteiger partial charge < -0.3 is 14.9 Å². The van der Waals surface area contributed by atoms with Gasteiger partial charge in [0.05, 0.1) is 21.5 Å². The molecular formula is C22H20Br2N4O3. The summed E-state index contributed by atoms with van der Waals surface area (Å²) in [6, 6.07) is 13.6. The SMILES string of the molecule is Cc1[nH][nH]c(=O)c1C(c1cc(Br)cc(Br)c1OCc1ccccc1)c1c(C)[nH][nH]c1=O. The average Bonchev–Trinajstić information content (AvgIpc) is 3.24. The Hall–Kier alpha value is -2.78. The fourth-order valence-corrected chi connectivity index (χ4v) is 5.11. The predicted octanol–water partition coefficient (Wildman–Crippen LogP) is 4.62. The largest absolute Gasteiger partial charge is 0.487 e. The quantitative estimate of drug-likeness (QED) is 0.283. The minimum atomic E-state index is -0.649. The molecule has 0 amide bonds. The number of halogens is 2. The first-order valence-corrected chi connectivity index (χ1v) is 11.1. The highest BCUT2D eigenvalue weighted by atomic mass is 79.9. The second kappa shape index (κ2) is 8.76. The van der Waals surface area contributed by atoms with Gasteiger partial charge in [-0.15, -0.1) is 0 Å². The van der Waals surface area contributed by atoms with Crippen molar-refractivity contribution in [3.63, 3.8) is 0 Å². The van der Waals surface area contributed by atoms with Crippen molar-refractivity contribution in [2.24, 2.45) is 0 Å². The smallest absolute Gasteiger partial charge is 0.268 e. The van der Waals surface area contributed by atoms with Gasteiger partial charge in [0.2, 0.25) is 0 Å². The molecule has 0 bridgehead atoms. The van der Waals surface area contributed by atoms with Gasteiger partial charge >= 0.3 is 0 Å². The molecule has 2 aromatic heterocycles. The molecule has 0 aliphatic carbocycles. The summed E-state index contributed by atoms with van der Waals surface area (Å²) in [5.41, 5.74) is 3.36. The Kier molecular flexibility index (Phi) is 6.06. The summed E-state index contributed by atoms with van der Waals surface area (Å²) in [7, 11) is 0. The van der Waals surface area contributed by atoms with Crippen LogP contribution < -0.4 is 15.9 Å². The maximum atomic E-state index is 12.8. The molecule has 0 unspecified atom stereocenters. The minimum absolute atomic E-state index is 0.285. The van der Waals surface area contributed by atoms with E-state index in [-0.39, 0.29) is 11.1 Å². The number of rotatable bonds is 6. The Morgan fingerprint density at radius 1 is 0.871 bits per heavy atom. The molecule has 160 valence electrons. The number of H-pyrrole nitrogens is 4. The van der Waals surface area contributed by atoms with E-state index in [1.54, 1.807) is 13.8 Å². The molecule has 0 saturated carbocycles. The van der Waals surface area contributed by atoms with Gasteiger partial charge in [0.25, 0.3) is 11.1 Å². The van der Waals surface area contributed by atoms with Crippen molar-refractivity contribution in [2.75, 3.05) is 0 Å². The maximum Gasteiger partial charge on any atom is 0.268 e. The molecule has 0 radical (unpaired) electrons. The van der Waals surface area contributed by atoms with Crippen LogP contribution in [0.25, 0.3) is 0 Å². The Morgan fingerprint density at radius 3 is 1.97 bits per heavy atom.